The predicted molar refractivity (Wildman–Crippen MR) is 91.3 cm³/mol. The van der Waals surface area contributed by atoms with Gasteiger partial charge >= 0.3 is 0 Å². The molecule has 0 bridgehead atoms. The first-order valence-electron chi connectivity index (χ1n) is 5.19. The van der Waals surface area contributed by atoms with Crippen molar-refractivity contribution in [1.82, 2.24) is 0 Å². The van der Waals surface area contributed by atoms with Crippen LogP contribution >= 0.6 is 61.7 Å². The number of carbonyl (C=O) groups is 1. The molecule has 0 atom stereocenters. The highest BCUT2D eigenvalue weighted by Gasteiger charge is 2.12. The van der Waals surface area contributed by atoms with Crippen molar-refractivity contribution in [3.63, 3.8) is 0 Å². The lowest BCUT2D eigenvalue weighted by Crippen LogP contribution is -2.13. The van der Waals surface area contributed by atoms with Crippen LogP contribution in [0.1, 0.15) is 10.4 Å². The maximum absolute atomic E-state index is 12.2. The Labute approximate surface area is 142 Å². The topological polar surface area (TPSA) is 29.1 Å². The van der Waals surface area contributed by atoms with Crippen molar-refractivity contribution < 1.29 is 4.79 Å². The average molecular weight is 471 g/mol. The van der Waals surface area contributed by atoms with Gasteiger partial charge in [0.25, 0.3) is 5.91 Å². The number of carbonyl (C=O) groups excluding carboxylic acids is 1. The van der Waals surface area contributed by atoms with Crippen LogP contribution < -0.4 is 5.32 Å². The first kappa shape index (κ1) is 15.1. The summed E-state index contributed by atoms with van der Waals surface area (Å²) in [7, 11) is 0. The zero-order valence-electron chi connectivity index (χ0n) is 9.38. The zero-order valence-corrected chi connectivity index (χ0v) is 14.6. The molecule has 0 spiro atoms. The van der Waals surface area contributed by atoms with Crippen LogP contribution in [-0.2, 0) is 0 Å². The van der Waals surface area contributed by atoms with E-state index >= 15 is 0 Å². The predicted octanol–water partition coefficient (Wildman–Crippen LogP) is 5.61. The lowest BCUT2D eigenvalue weighted by molar-refractivity contribution is 0.102. The second-order valence-electron chi connectivity index (χ2n) is 3.70. The number of amides is 1. The number of benzene rings is 2. The van der Waals surface area contributed by atoms with Gasteiger partial charge in [-0.05, 0) is 59.0 Å². The van der Waals surface area contributed by atoms with Gasteiger partial charge in [0, 0.05) is 13.1 Å². The van der Waals surface area contributed by atoms with Crippen molar-refractivity contribution in [3.8, 4) is 0 Å². The van der Waals surface area contributed by atoms with Gasteiger partial charge in [-0.15, -0.1) is 0 Å². The summed E-state index contributed by atoms with van der Waals surface area (Å²) in [6.45, 7) is 0. The highest BCUT2D eigenvalue weighted by atomic mass is 127. The van der Waals surface area contributed by atoms with Crippen molar-refractivity contribution in [2.45, 2.75) is 0 Å². The molecule has 0 aliphatic rings. The molecule has 0 radical (unpaired) electrons. The van der Waals surface area contributed by atoms with E-state index in [0.29, 0.717) is 21.3 Å². The third-order valence-corrected chi connectivity index (χ3v) is 4.33. The molecule has 1 amide bonds. The Kier molecular flexibility index (Phi) is 5.11. The monoisotopic (exact) mass is 469 g/mol. The Morgan fingerprint density at radius 3 is 2.58 bits per heavy atom. The van der Waals surface area contributed by atoms with E-state index in [0.717, 1.165) is 8.04 Å². The van der Waals surface area contributed by atoms with Gasteiger partial charge in [-0.25, -0.2) is 0 Å². The van der Waals surface area contributed by atoms with Gasteiger partial charge in [0.05, 0.1) is 16.3 Å². The van der Waals surface area contributed by atoms with Crippen molar-refractivity contribution in [3.05, 3.63) is 60.0 Å². The average Bonchev–Trinajstić information content (AvgIpc) is 2.35. The summed E-state index contributed by atoms with van der Waals surface area (Å²) in [5.41, 5.74) is 1.12. The molecule has 19 heavy (non-hydrogen) atoms. The Hall–Kier alpha value is -0.300. The third kappa shape index (κ3) is 3.84. The van der Waals surface area contributed by atoms with Crippen LogP contribution in [0.4, 0.5) is 5.69 Å². The van der Waals surface area contributed by atoms with Gasteiger partial charge in [0.2, 0.25) is 0 Å². The summed E-state index contributed by atoms with van der Waals surface area (Å²) in [4.78, 5) is 12.2. The Balaban J connectivity index is 2.28. The molecule has 0 saturated carbocycles. The fourth-order valence-corrected chi connectivity index (χ4v) is 2.85. The Morgan fingerprint density at radius 2 is 1.89 bits per heavy atom. The van der Waals surface area contributed by atoms with Gasteiger partial charge in [-0.2, -0.15) is 0 Å². The van der Waals surface area contributed by atoms with Gasteiger partial charge in [-0.1, -0.05) is 39.1 Å². The first-order valence-corrected chi connectivity index (χ1v) is 7.81. The van der Waals surface area contributed by atoms with E-state index in [1.54, 1.807) is 24.3 Å². The third-order valence-electron chi connectivity index (χ3n) is 2.35. The lowest BCUT2D eigenvalue weighted by Gasteiger charge is -2.09. The fourth-order valence-electron chi connectivity index (χ4n) is 1.45. The molecular formula is C13H7BrCl2INO. The highest BCUT2D eigenvalue weighted by Crippen LogP contribution is 2.26. The highest BCUT2D eigenvalue weighted by molar-refractivity contribution is 14.1. The van der Waals surface area contributed by atoms with E-state index < -0.39 is 0 Å². The summed E-state index contributed by atoms with van der Waals surface area (Å²) >= 11 is 17.3. The molecular weight excluding hydrogens is 464 g/mol. The molecule has 2 aromatic carbocycles. The molecule has 0 heterocycles. The van der Waals surface area contributed by atoms with E-state index in [9.17, 15) is 4.79 Å². The van der Waals surface area contributed by atoms with Gasteiger partial charge in [-0.3, -0.25) is 4.79 Å². The molecule has 6 heteroatoms. The molecule has 98 valence electrons. The van der Waals surface area contributed by atoms with Crippen LogP contribution in [0, 0.1) is 3.57 Å². The Bertz CT molecular complexity index is 649. The zero-order chi connectivity index (χ0) is 14.0. The van der Waals surface area contributed by atoms with Gasteiger partial charge in [0.15, 0.2) is 0 Å². The number of hydrogen-bond acceptors (Lipinski definition) is 1. The van der Waals surface area contributed by atoms with Crippen LogP contribution in [0.15, 0.2) is 40.9 Å². The van der Waals surface area contributed by atoms with Crippen molar-refractivity contribution >= 4 is 73.3 Å². The van der Waals surface area contributed by atoms with E-state index in [1.165, 1.54) is 0 Å². The quantitative estimate of drug-likeness (QED) is 0.568. The molecule has 0 aliphatic carbocycles. The van der Waals surface area contributed by atoms with Crippen LogP contribution in [-0.4, -0.2) is 5.91 Å². The van der Waals surface area contributed by atoms with Crippen molar-refractivity contribution in [2.24, 2.45) is 0 Å². The lowest BCUT2D eigenvalue weighted by atomic mass is 10.2. The van der Waals surface area contributed by atoms with Crippen molar-refractivity contribution in [1.29, 1.82) is 0 Å². The van der Waals surface area contributed by atoms with Crippen LogP contribution in [0.25, 0.3) is 0 Å². The number of hydrogen-bond donors (Lipinski definition) is 1. The molecule has 0 aromatic heterocycles. The van der Waals surface area contributed by atoms with E-state index in [1.807, 2.05) is 12.1 Å². The minimum Gasteiger partial charge on any atom is -0.321 e. The standard InChI is InChI=1S/C13H7BrCl2INO/c14-7-1-3-11(17)9(5-7)13(19)18-12-4-2-8(15)6-10(12)16/h1-6H,(H,18,19). The van der Waals surface area contributed by atoms with E-state index in [4.69, 9.17) is 23.2 Å². The second-order valence-corrected chi connectivity index (χ2v) is 6.62. The molecule has 0 fully saturated rings. The van der Waals surface area contributed by atoms with Crippen LogP contribution in [0.3, 0.4) is 0 Å². The van der Waals surface area contributed by atoms with Crippen LogP contribution in [0.5, 0.6) is 0 Å². The van der Waals surface area contributed by atoms with E-state index in [-0.39, 0.29) is 5.91 Å². The summed E-state index contributed by atoms with van der Waals surface area (Å²) in [5.74, 6) is -0.213. The molecule has 1 N–H and O–H groups in total. The summed E-state index contributed by atoms with van der Waals surface area (Å²) in [6.07, 6.45) is 0. The number of halogens is 4. The molecule has 2 nitrogen and oxygen atoms in total. The largest absolute Gasteiger partial charge is 0.321 e. The molecule has 2 aromatic rings. The second kappa shape index (κ2) is 6.43. The minimum absolute atomic E-state index is 0.213. The normalized spacial score (nSPS) is 10.3. The minimum atomic E-state index is -0.213. The molecule has 2 rings (SSSR count). The summed E-state index contributed by atoms with van der Waals surface area (Å²) < 4.78 is 1.71. The molecule has 0 saturated heterocycles. The molecule has 0 aliphatic heterocycles. The van der Waals surface area contributed by atoms with E-state index in [2.05, 4.69) is 43.8 Å². The first-order chi connectivity index (χ1) is 8.97. The summed E-state index contributed by atoms with van der Waals surface area (Å²) in [5, 5.41) is 3.70. The maximum Gasteiger partial charge on any atom is 0.256 e. The fraction of sp³-hybridized carbons (Fsp3) is 0. The van der Waals surface area contributed by atoms with Crippen molar-refractivity contribution in [2.75, 3.05) is 5.32 Å². The van der Waals surface area contributed by atoms with Gasteiger partial charge in [0.1, 0.15) is 0 Å². The number of anilines is 1. The maximum atomic E-state index is 12.2. The smallest absolute Gasteiger partial charge is 0.256 e. The number of rotatable bonds is 2. The van der Waals surface area contributed by atoms with Gasteiger partial charge < -0.3 is 5.32 Å². The molecule has 0 unspecified atom stereocenters. The summed E-state index contributed by atoms with van der Waals surface area (Å²) in [6, 6.07) is 10.4. The Morgan fingerprint density at radius 1 is 1.16 bits per heavy atom. The SMILES string of the molecule is O=C(Nc1ccc(Cl)cc1Cl)c1cc(Br)ccc1I. The number of nitrogens with one attached hydrogen (secondary N) is 1. The van der Waals surface area contributed by atoms with Crippen LogP contribution in [0.2, 0.25) is 10.0 Å².